The van der Waals surface area contributed by atoms with Gasteiger partial charge in [-0.1, -0.05) is 29.8 Å². The molecule has 0 saturated carbocycles. The van der Waals surface area contributed by atoms with Crippen molar-refractivity contribution >= 4 is 45.6 Å². The summed E-state index contributed by atoms with van der Waals surface area (Å²) in [6.45, 7) is 2.46. The summed E-state index contributed by atoms with van der Waals surface area (Å²) in [6.07, 6.45) is 2.14. The number of aryl methyl sites for hydroxylation is 1. The van der Waals surface area contributed by atoms with Crippen molar-refractivity contribution in [2.75, 3.05) is 17.0 Å². The molecule has 1 aliphatic heterocycles. The van der Waals surface area contributed by atoms with Gasteiger partial charge >= 0.3 is 0 Å². The summed E-state index contributed by atoms with van der Waals surface area (Å²) < 4.78 is 7.45. The lowest BCUT2D eigenvalue weighted by Crippen LogP contribution is -2.39. The van der Waals surface area contributed by atoms with Crippen LogP contribution in [0.5, 0.6) is 5.75 Å². The third-order valence-corrected chi connectivity index (χ3v) is 5.10. The SMILES string of the molecule is CC1CCOc2c(c3ccccc3n(C)c2=O)N1Nc1nc(Cl)ncc1Cl. The van der Waals surface area contributed by atoms with Crippen LogP contribution in [0.4, 0.5) is 11.5 Å². The Kier molecular flexibility index (Phi) is 4.57. The Morgan fingerprint density at radius 1 is 1.30 bits per heavy atom. The Hall–Kier alpha value is -2.51. The van der Waals surface area contributed by atoms with Crippen LogP contribution < -0.4 is 20.7 Å². The first kappa shape index (κ1) is 17.9. The Morgan fingerprint density at radius 2 is 2.07 bits per heavy atom. The number of halogens is 2. The highest BCUT2D eigenvalue weighted by atomic mass is 35.5. The van der Waals surface area contributed by atoms with Gasteiger partial charge in [-0.3, -0.25) is 15.2 Å². The number of aromatic nitrogens is 3. The smallest absolute Gasteiger partial charge is 0.295 e. The first-order chi connectivity index (χ1) is 13.0. The lowest BCUT2D eigenvalue weighted by Gasteiger charge is -2.31. The van der Waals surface area contributed by atoms with E-state index in [4.69, 9.17) is 27.9 Å². The van der Waals surface area contributed by atoms with Gasteiger partial charge in [-0.15, -0.1) is 0 Å². The van der Waals surface area contributed by atoms with Gasteiger partial charge in [0, 0.05) is 18.9 Å². The molecule has 1 aliphatic rings. The standard InChI is InChI=1S/C18H17Cl2N5O2/c1-10-7-8-27-15-14(11-5-3-4-6-13(11)24(2)17(15)26)25(10)23-16-12(19)9-21-18(20)22-16/h3-6,9-10H,7-8H2,1-2H3,(H,21,22,23). The van der Waals surface area contributed by atoms with Crippen molar-refractivity contribution in [2.45, 2.75) is 19.4 Å². The van der Waals surface area contributed by atoms with Gasteiger partial charge in [0.2, 0.25) is 11.0 Å². The average molecular weight is 406 g/mol. The molecular formula is C18H17Cl2N5O2. The number of fused-ring (bicyclic) bond motifs is 3. The van der Waals surface area contributed by atoms with Crippen LogP contribution in [0, 0.1) is 0 Å². The van der Waals surface area contributed by atoms with Crippen LogP contribution >= 0.6 is 23.2 Å². The largest absolute Gasteiger partial charge is 0.486 e. The van der Waals surface area contributed by atoms with E-state index in [0.717, 1.165) is 10.9 Å². The molecule has 0 amide bonds. The fraction of sp³-hybridized carbons (Fsp3) is 0.278. The highest BCUT2D eigenvalue weighted by Crippen LogP contribution is 2.37. The molecule has 1 unspecified atom stereocenters. The fourth-order valence-corrected chi connectivity index (χ4v) is 3.47. The number of ether oxygens (including phenoxy) is 1. The van der Waals surface area contributed by atoms with E-state index in [-0.39, 0.29) is 16.9 Å². The second-order valence-corrected chi connectivity index (χ2v) is 7.11. The van der Waals surface area contributed by atoms with Crippen molar-refractivity contribution in [2.24, 2.45) is 7.05 Å². The Morgan fingerprint density at radius 3 is 2.89 bits per heavy atom. The normalized spacial score (nSPS) is 16.6. The quantitative estimate of drug-likeness (QED) is 0.656. The van der Waals surface area contributed by atoms with Crippen molar-refractivity contribution in [1.82, 2.24) is 14.5 Å². The number of pyridine rings is 1. The predicted octanol–water partition coefficient (Wildman–Crippen LogP) is 3.64. The molecule has 0 radical (unpaired) electrons. The number of rotatable bonds is 2. The van der Waals surface area contributed by atoms with E-state index in [1.165, 1.54) is 6.20 Å². The minimum absolute atomic E-state index is 0.00608. The molecular weight excluding hydrogens is 389 g/mol. The van der Waals surface area contributed by atoms with Crippen molar-refractivity contribution in [3.8, 4) is 5.75 Å². The molecule has 0 aliphatic carbocycles. The molecule has 2 aromatic heterocycles. The first-order valence-electron chi connectivity index (χ1n) is 8.46. The molecule has 9 heteroatoms. The van der Waals surface area contributed by atoms with E-state index in [2.05, 4.69) is 15.4 Å². The Balaban J connectivity index is 1.96. The molecule has 0 spiro atoms. The molecule has 4 rings (SSSR count). The van der Waals surface area contributed by atoms with E-state index < -0.39 is 0 Å². The Bertz CT molecular complexity index is 1090. The second-order valence-electron chi connectivity index (χ2n) is 6.36. The molecule has 3 heterocycles. The van der Waals surface area contributed by atoms with Gasteiger partial charge in [-0.05, 0) is 24.6 Å². The van der Waals surface area contributed by atoms with Crippen molar-refractivity contribution in [3.63, 3.8) is 0 Å². The second kappa shape index (κ2) is 6.90. The third-order valence-electron chi connectivity index (χ3n) is 4.64. The molecule has 1 aromatic carbocycles. The number of nitrogens with zero attached hydrogens (tertiary/aromatic N) is 4. The van der Waals surface area contributed by atoms with Crippen LogP contribution in [-0.4, -0.2) is 27.2 Å². The van der Waals surface area contributed by atoms with Gasteiger partial charge in [-0.2, -0.15) is 4.98 Å². The summed E-state index contributed by atoms with van der Waals surface area (Å²) in [5.74, 6) is 0.658. The topological polar surface area (TPSA) is 72.3 Å². The summed E-state index contributed by atoms with van der Waals surface area (Å²) in [5.41, 5.74) is 4.47. The van der Waals surface area contributed by atoms with Gasteiger partial charge in [0.25, 0.3) is 5.56 Å². The molecule has 140 valence electrons. The maximum atomic E-state index is 12.9. The number of benzene rings is 1. The molecule has 1 atom stereocenters. The highest BCUT2D eigenvalue weighted by molar-refractivity contribution is 6.33. The van der Waals surface area contributed by atoms with E-state index in [1.54, 1.807) is 11.6 Å². The van der Waals surface area contributed by atoms with Crippen molar-refractivity contribution < 1.29 is 4.74 Å². The first-order valence-corrected chi connectivity index (χ1v) is 9.21. The molecule has 27 heavy (non-hydrogen) atoms. The molecule has 0 saturated heterocycles. The third kappa shape index (κ3) is 3.07. The number of para-hydroxylation sites is 1. The molecule has 1 N–H and O–H groups in total. The Labute approximate surface area is 165 Å². The summed E-state index contributed by atoms with van der Waals surface area (Å²) in [7, 11) is 1.74. The highest BCUT2D eigenvalue weighted by Gasteiger charge is 2.29. The summed E-state index contributed by atoms with van der Waals surface area (Å²) in [5, 5.41) is 3.16. The van der Waals surface area contributed by atoms with E-state index in [1.807, 2.05) is 36.2 Å². The van der Waals surface area contributed by atoms with E-state index in [0.29, 0.717) is 35.3 Å². The van der Waals surface area contributed by atoms with Crippen LogP contribution in [0.25, 0.3) is 10.9 Å². The summed E-state index contributed by atoms with van der Waals surface area (Å²) >= 11 is 12.2. The van der Waals surface area contributed by atoms with Crippen molar-refractivity contribution in [3.05, 3.63) is 51.1 Å². The number of hydrazine groups is 1. The lowest BCUT2D eigenvalue weighted by atomic mass is 10.1. The zero-order chi connectivity index (χ0) is 19.1. The maximum absolute atomic E-state index is 12.9. The number of hydrogen-bond acceptors (Lipinski definition) is 6. The van der Waals surface area contributed by atoms with Gasteiger partial charge in [-0.25, -0.2) is 4.98 Å². The minimum Gasteiger partial charge on any atom is -0.486 e. The zero-order valence-electron chi connectivity index (χ0n) is 14.7. The van der Waals surface area contributed by atoms with Crippen LogP contribution in [0.3, 0.4) is 0 Å². The van der Waals surface area contributed by atoms with Crippen LogP contribution in [0.2, 0.25) is 10.3 Å². The fourth-order valence-electron chi connectivity index (χ4n) is 3.21. The molecule has 0 bridgehead atoms. The van der Waals surface area contributed by atoms with Crippen LogP contribution in [0.15, 0.2) is 35.3 Å². The monoisotopic (exact) mass is 405 g/mol. The lowest BCUT2D eigenvalue weighted by molar-refractivity contribution is 0.307. The van der Waals surface area contributed by atoms with Gasteiger partial charge in [0.15, 0.2) is 5.82 Å². The van der Waals surface area contributed by atoms with Gasteiger partial charge in [0.1, 0.15) is 10.7 Å². The van der Waals surface area contributed by atoms with Crippen LogP contribution in [0.1, 0.15) is 13.3 Å². The maximum Gasteiger partial charge on any atom is 0.295 e. The van der Waals surface area contributed by atoms with E-state index in [9.17, 15) is 4.79 Å². The molecule has 7 nitrogen and oxygen atoms in total. The van der Waals surface area contributed by atoms with Crippen LogP contribution in [-0.2, 0) is 7.05 Å². The molecule has 0 fully saturated rings. The number of hydrogen-bond donors (Lipinski definition) is 1. The summed E-state index contributed by atoms with van der Waals surface area (Å²) in [6, 6.07) is 7.69. The average Bonchev–Trinajstić information content (AvgIpc) is 2.82. The predicted molar refractivity (Wildman–Crippen MR) is 107 cm³/mol. The number of anilines is 2. The van der Waals surface area contributed by atoms with E-state index >= 15 is 0 Å². The number of nitrogens with one attached hydrogen (secondary N) is 1. The van der Waals surface area contributed by atoms with Gasteiger partial charge in [0.05, 0.1) is 24.4 Å². The van der Waals surface area contributed by atoms with Crippen molar-refractivity contribution in [1.29, 1.82) is 0 Å². The summed E-state index contributed by atoms with van der Waals surface area (Å²) in [4.78, 5) is 21.0. The molecule has 3 aromatic rings. The minimum atomic E-state index is -0.198. The zero-order valence-corrected chi connectivity index (χ0v) is 16.3. The van der Waals surface area contributed by atoms with Gasteiger partial charge < -0.3 is 9.30 Å².